The number of benzene rings is 1. The summed E-state index contributed by atoms with van der Waals surface area (Å²) in [7, 11) is 2.14. The zero-order valence-electron chi connectivity index (χ0n) is 11.8. The maximum absolute atomic E-state index is 11.3. The molecule has 0 aromatic heterocycles. The summed E-state index contributed by atoms with van der Waals surface area (Å²) < 4.78 is 0. The van der Waals surface area contributed by atoms with Crippen LogP contribution in [0.5, 0.6) is 0 Å². The number of anilines is 1. The van der Waals surface area contributed by atoms with Crippen molar-refractivity contribution in [3.63, 3.8) is 0 Å². The van der Waals surface area contributed by atoms with Gasteiger partial charge in [-0.2, -0.15) is 0 Å². The third kappa shape index (κ3) is 3.55. The van der Waals surface area contributed by atoms with Crippen molar-refractivity contribution >= 4 is 11.6 Å². The SMILES string of the molecule is CC(CCN)N(C)CCc1ccc2c(c1)CC(=O)N2. The molecule has 104 valence electrons. The van der Waals surface area contributed by atoms with E-state index in [1.54, 1.807) is 0 Å². The van der Waals surface area contributed by atoms with Gasteiger partial charge in [-0.15, -0.1) is 0 Å². The lowest BCUT2D eigenvalue weighted by Crippen LogP contribution is -2.32. The van der Waals surface area contributed by atoms with Crippen LogP contribution in [0.2, 0.25) is 0 Å². The lowest BCUT2D eigenvalue weighted by Gasteiger charge is -2.24. The highest BCUT2D eigenvalue weighted by Crippen LogP contribution is 2.24. The number of nitrogens with one attached hydrogen (secondary N) is 1. The molecule has 1 aromatic carbocycles. The van der Waals surface area contributed by atoms with E-state index in [0.29, 0.717) is 12.5 Å². The summed E-state index contributed by atoms with van der Waals surface area (Å²) in [5.74, 6) is 0.0980. The van der Waals surface area contributed by atoms with E-state index in [2.05, 4.69) is 36.3 Å². The van der Waals surface area contributed by atoms with E-state index in [0.717, 1.165) is 37.2 Å². The second kappa shape index (κ2) is 6.17. The topological polar surface area (TPSA) is 58.4 Å². The molecule has 4 nitrogen and oxygen atoms in total. The monoisotopic (exact) mass is 261 g/mol. The van der Waals surface area contributed by atoms with Gasteiger partial charge in [0.15, 0.2) is 0 Å². The van der Waals surface area contributed by atoms with Gasteiger partial charge in [0, 0.05) is 18.3 Å². The van der Waals surface area contributed by atoms with E-state index in [1.807, 2.05) is 6.07 Å². The van der Waals surface area contributed by atoms with Crippen molar-refractivity contribution in [3.05, 3.63) is 29.3 Å². The van der Waals surface area contributed by atoms with Gasteiger partial charge in [-0.3, -0.25) is 4.79 Å². The zero-order chi connectivity index (χ0) is 13.8. The molecule has 0 spiro atoms. The number of hydrogen-bond donors (Lipinski definition) is 2. The number of hydrogen-bond acceptors (Lipinski definition) is 3. The van der Waals surface area contributed by atoms with Crippen LogP contribution >= 0.6 is 0 Å². The van der Waals surface area contributed by atoms with Gasteiger partial charge < -0.3 is 16.0 Å². The van der Waals surface area contributed by atoms with Gasteiger partial charge in [-0.1, -0.05) is 12.1 Å². The molecule has 1 atom stereocenters. The number of nitrogens with two attached hydrogens (primary N) is 1. The molecule has 19 heavy (non-hydrogen) atoms. The van der Waals surface area contributed by atoms with Crippen molar-refractivity contribution in [2.45, 2.75) is 32.2 Å². The van der Waals surface area contributed by atoms with Gasteiger partial charge in [0.25, 0.3) is 0 Å². The number of carbonyl (C=O) groups is 1. The Kier molecular flexibility index (Phi) is 4.56. The normalized spacial score (nSPS) is 15.5. The summed E-state index contributed by atoms with van der Waals surface area (Å²) in [6, 6.07) is 6.78. The molecule has 0 saturated heterocycles. The summed E-state index contributed by atoms with van der Waals surface area (Å²) in [6.45, 7) is 3.96. The number of nitrogens with zero attached hydrogens (tertiary/aromatic N) is 1. The van der Waals surface area contributed by atoms with E-state index in [1.165, 1.54) is 5.56 Å². The number of amides is 1. The minimum absolute atomic E-state index is 0.0980. The molecule has 1 unspecified atom stereocenters. The fourth-order valence-corrected chi connectivity index (χ4v) is 2.43. The predicted molar refractivity (Wildman–Crippen MR) is 78.2 cm³/mol. The van der Waals surface area contributed by atoms with Crippen LogP contribution < -0.4 is 11.1 Å². The van der Waals surface area contributed by atoms with Gasteiger partial charge >= 0.3 is 0 Å². The van der Waals surface area contributed by atoms with Crippen LogP contribution in [0.15, 0.2) is 18.2 Å². The van der Waals surface area contributed by atoms with Crippen molar-refractivity contribution < 1.29 is 4.79 Å². The third-order valence-corrected chi connectivity index (χ3v) is 3.88. The first-order chi connectivity index (χ1) is 9.10. The highest BCUT2D eigenvalue weighted by Gasteiger charge is 2.17. The Morgan fingerprint density at radius 3 is 3.00 bits per heavy atom. The number of rotatable bonds is 6. The summed E-state index contributed by atoms with van der Waals surface area (Å²) in [4.78, 5) is 13.6. The molecule has 3 N–H and O–H groups in total. The first kappa shape index (κ1) is 14.0. The standard InChI is InChI=1S/C15H23N3O/c1-11(5-7-16)18(2)8-6-12-3-4-14-13(9-12)10-15(19)17-14/h3-4,9,11H,5-8,10,16H2,1-2H3,(H,17,19). The molecule has 1 aliphatic heterocycles. The average molecular weight is 261 g/mol. The molecule has 0 fully saturated rings. The largest absolute Gasteiger partial charge is 0.330 e. The third-order valence-electron chi connectivity index (χ3n) is 3.88. The Morgan fingerprint density at radius 1 is 1.47 bits per heavy atom. The van der Waals surface area contributed by atoms with Crippen LogP contribution in [-0.4, -0.2) is 37.0 Å². The molecule has 1 aromatic rings. The molecule has 0 aliphatic carbocycles. The van der Waals surface area contributed by atoms with E-state index < -0.39 is 0 Å². The van der Waals surface area contributed by atoms with Crippen LogP contribution in [0.1, 0.15) is 24.5 Å². The lowest BCUT2D eigenvalue weighted by molar-refractivity contribution is -0.115. The predicted octanol–water partition coefficient (Wildman–Crippen LogP) is 1.39. The zero-order valence-corrected chi connectivity index (χ0v) is 11.8. The summed E-state index contributed by atoms with van der Waals surface area (Å²) in [5, 5.41) is 2.86. The molecule has 0 radical (unpaired) electrons. The van der Waals surface area contributed by atoms with E-state index in [-0.39, 0.29) is 5.91 Å². The summed E-state index contributed by atoms with van der Waals surface area (Å²) in [5.41, 5.74) is 8.97. The van der Waals surface area contributed by atoms with Crippen LogP contribution in [-0.2, 0) is 17.6 Å². The highest BCUT2D eigenvalue weighted by molar-refractivity contribution is 5.99. The highest BCUT2D eigenvalue weighted by atomic mass is 16.1. The van der Waals surface area contributed by atoms with E-state index in [9.17, 15) is 4.79 Å². The maximum atomic E-state index is 11.3. The molecule has 4 heteroatoms. The average Bonchev–Trinajstić information content (AvgIpc) is 2.75. The molecular formula is C15H23N3O. The molecule has 0 saturated carbocycles. The molecule has 1 heterocycles. The Balaban J connectivity index is 1.90. The molecule has 1 aliphatic rings. The maximum Gasteiger partial charge on any atom is 0.228 e. The Bertz CT molecular complexity index is 459. The van der Waals surface area contributed by atoms with E-state index in [4.69, 9.17) is 5.73 Å². The Labute approximate surface area is 115 Å². The second-order valence-corrected chi connectivity index (χ2v) is 5.37. The second-order valence-electron chi connectivity index (χ2n) is 5.37. The van der Waals surface area contributed by atoms with Crippen molar-refractivity contribution in [1.82, 2.24) is 4.90 Å². The summed E-state index contributed by atoms with van der Waals surface area (Å²) in [6.07, 6.45) is 2.55. The first-order valence-corrected chi connectivity index (χ1v) is 6.92. The van der Waals surface area contributed by atoms with Crippen LogP contribution in [0.4, 0.5) is 5.69 Å². The summed E-state index contributed by atoms with van der Waals surface area (Å²) >= 11 is 0. The van der Waals surface area contributed by atoms with E-state index >= 15 is 0 Å². The van der Waals surface area contributed by atoms with Gasteiger partial charge in [0.2, 0.25) is 5.91 Å². The van der Waals surface area contributed by atoms with Crippen molar-refractivity contribution in [1.29, 1.82) is 0 Å². The van der Waals surface area contributed by atoms with Crippen molar-refractivity contribution in [2.75, 3.05) is 25.5 Å². The van der Waals surface area contributed by atoms with Crippen LogP contribution in [0, 0.1) is 0 Å². The van der Waals surface area contributed by atoms with Gasteiger partial charge in [0.1, 0.15) is 0 Å². The Morgan fingerprint density at radius 2 is 2.26 bits per heavy atom. The lowest BCUT2D eigenvalue weighted by atomic mass is 10.1. The molecule has 1 amide bonds. The molecule has 2 rings (SSSR count). The van der Waals surface area contributed by atoms with Gasteiger partial charge in [-0.25, -0.2) is 0 Å². The number of fused-ring (bicyclic) bond motifs is 1. The first-order valence-electron chi connectivity index (χ1n) is 6.92. The fraction of sp³-hybridized carbons (Fsp3) is 0.533. The van der Waals surface area contributed by atoms with Crippen LogP contribution in [0.3, 0.4) is 0 Å². The smallest absolute Gasteiger partial charge is 0.228 e. The van der Waals surface area contributed by atoms with Crippen LogP contribution in [0.25, 0.3) is 0 Å². The van der Waals surface area contributed by atoms with Gasteiger partial charge in [-0.05, 0) is 50.6 Å². The van der Waals surface area contributed by atoms with Gasteiger partial charge in [0.05, 0.1) is 6.42 Å². The molecular weight excluding hydrogens is 238 g/mol. The van der Waals surface area contributed by atoms with Crippen molar-refractivity contribution in [3.8, 4) is 0 Å². The minimum atomic E-state index is 0.0980. The number of likely N-dealkylation sites (N-methyl/N-ethyl adjacent to an activating group) is 1. The molecule has 0 bridgehead atoms. The Hall–Kier alpha value is -1.39. The minimum Gasteiger partial charge on any atom is -0.330 e. The quantitative estimate of drug-likeness (QED) is 0.813. The van der Waals surface area contributed by atoms with Crippen molar-refractivity contribution in [2.24, 2.45) is 5.73 Å². The number of carbonyl (C=O) groups excluding carboxylic acids is 1. The fourth-order valence-electron chi connectivity index (χ4n) is 2.43.